The van der Waals surface area contributed by atoms with Crippen LogP contribution in [-0.4, -0.2) is 24.3 Å². The van der Waals surface area contributed by atoms with Gasteiger partial charge < -0.3 is 9.84 Å². The number of aliphatic hydroxyl groups is 1. The van der Waals surface area contributed by atoms with Crippen molar-refractivity contribution in [3.8, 4) is 0 Å². The van der Waals surface area contributed by atoms with Crippen LogP contribution in [0.5, 0.6) is 0 Å². The van der Waals surface area contributed by atoms with Gasteiger partial charge in [-0.05, 0) is 24.7 Å². The Morgan fingerprint density at radius 3 is 2.38 bits per heavy atom. The lowest BCUT2D eigenvalue weighted by atomic mass is 9.96. The van der Waals surface area contributed by atoms with Crippen molar-refractivity contribution in [1.82, 2.24) is 0 Å². The molecule has 1 aliphatic rings. The second-order valence-electron chi connectivity index (χ2n) is 4.60. The molecule has 1 aliphatic carbocycles. The molecule has 0 heterocycles. The molecule has 0 radical (unpaired) electrons. The Labute approximate surface area is 79.1 Å². The van der Waals surface area contributed by atoms with E-state index in [-0.39, 0.29) is 17.3 Å². The Morgan fingerprint density at radius 1 is 1.62 bits per heavy atom. The summed E-state index contributed by atoms with van der Waals surface area (Å²) < 4.78 is 4.58. The molecule has 0 aromatic heterocycles. The molecule has 3 heteroatoms. The van der Waals surface area contributed by atoms with E-state index in [9.17, 15) is 9.90 Å². The van der Waals surface area contributed by atoms with E-state index in [1.165, 1.54) is 7.11 Å². The zero-order valence-corrected chi connectivity index (χ0v) is 8.70. The number of ether oxygens (including phenoxy) is 1. The van der Waals surface area contributed by atoms with Gasteiger partial charge in [0.1, 0.15) is 0 Å². The molecule has 0 aromatic rings. The topological polar surface area (TPSA) is 46.5 Å². The number of hydrogen-bond donors (Lipinski definition) is 1. The maximum Gasteiger partial charge on any atom is 0.311 e. The fourth-order valence-corrected chi connectivity index (χ4v) is 1.76. The van der Waals surface area contributed by atoms with Gasteiger partial charge in [-0.1, -0.05) is 13.8 Å². The third-order valence-corrected chi connectivity index (χ3v) is 3.09. The number of carbonyl (C=O) groups excluding carboxylic acids is 1. The predicted molar refractivity (Wildman–Crippen MR) is 49.1 cm³/mol. The van der Waals surface area contributed by atoms with Crippen LogP contribution in [0, 0.1) is 17.3 Å². The summed E-state index contributed by atoms with van der Waals surface area (Å²) >= 11 is 0. The molecule has 0 aromatic carbocycles. The third kappa shape index (κ3) is 2.02. The van der Waals surface area contributed by atoms with Crippen molar-refractivity contribution in [2.45, 2.75) is 33.3 Å². The summed E-state index contributed by atoms with van der Waals surface area (Å²) in [5.74, 6) is -0.478. The van der Waals surface area contributed by atoms with Gasteiger partial charge in [-0.2, -0.15) is 0 Å². The molecule has 76 valence electrons. The van der Waals surface area contributed by atoms with Crippen LogP contribution in [0.4, 0.5) is 0 Å². The summed E-state index contributed by atoms with van der Waals surface area (Å²) in [7, 11) is 1.35. The Hall–Kier alpha value is -0.570. The van der Waals surface area contributed by atoms with Crippen molar-refractivity contribution < 1.29 is 14.6 Å². The predicted octanol–water partition coefficient (Wildman–Crippen LogP) is 1.20. The highest BCUT2D eigenvalue weighted by molar-refractivity contribution is 5.72. The van der Waals surface area contributed by atoms with Crippen LogP contribution in [0.15, 0.2) is 0 Å². The van der Waals surface area contributed by atoms with Crippen LogP contribution >= 0.6 is 0 Å². The number of hydrogen-bond acceptors (Lipinski definition) is 3. The first-order chi connectivity index (χ1) is 5.90. The van der Waals surface area contributed by atoms with Crippen LogP contribution in [0.3, 0.4) is 0 Å². The lowest BCUT2D eigenvalue weighted by Gasteiger charge is -2.17. The number of methoxy groups -OCH3 is 1. The highest BCUT2D eigenvalue weighted by Crippen LogP contribution is 2.54. The normalized spacial score (nSPS) is 29.2. The molecule has 0 saturated heterocycles. The van der Waals surface area contributed by atoms with E-state index in [1.54, 1.807) is 6.92 Å². The van der Waals surface area contributed by atoms with Crippen molar-refractivity contribution >= 4 is 5.97 Å². The smallest absolute Gasteiger partial charge is 0.311 e. The van der Waals surface area contributed by atoms with E-state index < -0.39 is 12.0 Å². The Balaban J connectivity index is 2.49. The maximum atomic E-state index is 11.1. The van der Waals surface area contributed by atoms with Gasteiger partial charge in [0.15, 0.2) is 0 Å². The second kappa shape index (κ2) is 3.29. The molecule has 0 aliphatic heterocycles. The SMILES string of the molecule is COC(=O)[C@@H](C)[C@H](O)[C@H]1CC1(C)C. The van der Waals surface area contributed by atoms with E-state index >= 15 is 0 Å². The summed E-state index contributed by atoms with van der Waals surface area (Å²) in [5.41, 5.74) is 0.196. The van der Waals surface area contributed by atoms with Gasteiger partial charge in [0, 0.05) is 0 Å². The van der Waals surface area contributed by atoms with Crippen LogP contribution < -0.4 is 0 Å². The molecule has 13 heavy (non-hydrogen) atoms. The molecule has 1 N–H and O–H groups in total. The first kappa shape index (κ1) is 10.5. The molecular formula is C10H18O3. The minimum Gasteiger partial charge on any atom is -0.469 e. The average molecular weight is 186 g/mol. The maximum absolute atomic E-state index is 11.1. The van der Waals surface area contributed by atoms with Gasteiger partial charge in [0.25, 0.3) is 0 Å². The number of rotatable bonds is 3. The Morgan fingerprint density at radius 2 is 2.08 bits per heavy atom. The fraction of sp³-hybridized carbons (Fsp3) is 0.900. The highest BCUT2D eigenvalue weighted by Gasteiger charge is 2.52. The molecule has 0 spiro atoms. The van der Waals surface area contributed by atoms with Crippen molar-refractivity contribution in [3.63, 3.8) is 0 Å². The minimum atomic E-state index is -0.553. The summed E-state index contributed by atoms with van der Waals surface area (Å²) in [6, 6.07) is 0. The van der Waals surface area contributed by atoms with E-state index in [0.717, 1.165) is 6.42 Å². The first-order valence-electron chi connectivity index (χ1n) is 4.66. The summed E-state index contributed by atoms with van der Waals surface area (Å²) in [5, 5.41) is 9.79. The van der Waals surface area contributed by atoms with Gasteiger partial charge >= 0.3 is 5.97 Å². The zero-order valence-electron chi connectivity index (χ0n) is 8.70. The number of carbonyl (C=O) groups is 1. The third-order valence-electron chi connectivity index (χ3n) is 3.09. The summed E-state index contributed by atoms with van der Waals surface area (Å²) in [6.45, 7) is 5.92. The summed E-state index contributed by atoms with van der Waals surface area (Å²) in [6.07, 6.45) is 0.442. The minimum absolute atomic E-state index is 0.196. The average Bonchev–Trinajstić information content (AvgIpc) is 2.71. The molecule has 0 bridgehead atoms. The van der Waals surface area contributed by atoms with E-state index in [0.29, 0.717) is 0 Å². The monoisotopic (exact) mass is 186 g/mol. The molecular weight excluding hydrogens is 168 g/mol. The van der Waals surface area contributed by atoms with Gasteiger partial charge in [0.05, 0.1) is 19.1 Å². The van der Waals surface area contributed by atoms with Crippen molar-refractivity contribution in [2.24, 2.45) is 17.3 Å². The van der Waals surface area contributed by atoms with Crippen molar-refractivity contribution in [1.29, 1.82) is 0 Å². The molecule has 1 fully saturated rings. The Bertz CT molecular complexity index is 210. The molecule has 0 amide bonds. The van der Waals surface area contributed by atoms with E-state index in [1.807, 2.05) is 0 Å². The van der Waals surface area contributed by atoms with Gasteiger partial charge in [-0.3, -0.25) is 4.79 Å². The van der Waals surface area contributed by atoms with Crippen LogP contribution in [-0.2, 0) is 9.53 Å². The molecule has 1 saturated carbocycles. The molecule has 0 unspecified atom stereocenters. The van der Waals surface area contributed by atoms with Gasteiger partial charge in [-0.25, -0.2) is 0 Å². The van der Waals surface area contributed by atoms with E-state index in [2.05, 4.69) is 18.6 Å². The summed E-state index contributed by atoms with van der Waals surface area (Å²) in [4.78, 5) is 11.1. The highest BCUT2D eigenvalue weighted by atomic mass is 16.5. The standard InChI is InChI=1S/C10H18O3/c1-6(9(12)13-4)8(11)7-5-10(7,2)3/h6-8,11H,5H2,1-4H3/t6-,7+,8-/m0/s1. The van der Waals surface area contributed by atoms with Gasteiger partial charge in [-0.15, -0.1) is 0 Å². The second-order valence-corrected chi connectivity index (χ2v) is 4.60. The Kier molecular flexibility index (Phi) is 2.66. The quantitative estimate of drug-likeness (QED) is 0.674. The molecule has 3 atom stereocenters. The van der Waals surface area contributed by atoms with Crippen molar-refractivity contribution in [2.75, 3.05) is 7.11 Å². The van der Waals surface area contributed by atoms with Crippen LogP contribution in [0.1, 0.15) is 27.2 Å². The van der Waals surface area contributed by atoms with Crippen molar-refractivity contribution in [3.05, 3.63) is 0 Å². The largest absolute Gasteiger partial charge is 0.469 e. The zero-order chi connectivity index (χ0) is 10.2. The van der Waals surface area contributed by atoms with E-state index in [4.69, 9.17) is 0 Å². The fourth-order valence-electron chi connectivity index (χ4n) is 1.76. The lowest BCUT2D eigenvalue weighted by molar-refractivity contribution is -0.149. The number of aliphatic hydroxyl groups excluding tert-OH is 1. The van der Waals surface area contributed by atoms with Crippen LogP contribution in [0.25, 0.3) is 0 Å². The lowest BCUT2D eigenvalue weighted by Crippen LogP contribution is -2.29. The van der Waals surface area contributed by atoms with Gasteiger partial charge in [0.2, 0.25) is 0 Å². The molecule has 3 nitrogen and oxygen atoms in total. The first-order valence-corrected chi connectivity index (χ1v) is 4.66. The molecule has 1 rings (SSSR count). The number of esters is 1. The van der Waals surface area contributed by atoms with Crippen LogP contribution in [0.2, 0.25) is 0 Å².